The van der Waals surface area contributed by atoms with Gasteiger partial charge in [-0.05, 0) is 12.1 Å². The molecule has 0 radical (unpaired) electrons. The van der Waals surface area contributed by atoms with Gasteiger partial charge in [0.05, 0.1) is 5.69 Å². The summed E-state index contributed by atoms with van der Waals surface area (Å²) in [6, 6.07) is 16.4. The first-order chi connectivity index (χ1) is 9.31. The minimum Gasteiger partial charge on any atom is -0.361 e. The molecule has 3 rings (SSSR count). The second-order valence-corrected chi connectivity index (χ2v) is 4.12. The molecule has 0 fully saturated rings. The van der Waals surface area contributed by atoms with Gasteiger partial charge in [-0.3, -0.25) is 4.79 Å². The smallest absolute Gasteiger partial charge is 0.361 e. The molecule has 0 N–H and O–H groups in total. The van der Waals surface area contributed by atoms with Gasteiger partial charge >= 0.3 is 5.36 Å². The minimum absolute atomic E-state index is 0.00921. The second kappa shape index (κ2) is 4.44. The zero-order valence-corrected chi connectivity index (χ0v) is 9.95. The van der Waals surface area contributed by atoms with E-state index in [2.05, 4.69) is 9.78 Å². The largest absolute Gasteiger partial charge is 0.388 e. The van der Waals surface area contributed by atoms with E-state index < -0.39 is 0 Å². The lowest BCUT2D eigenvalue weighted by Gasteiger charge is -1.89. The first kappa shape index (κ1) is 11.3. The Balaban J connectivity index is 2.52. The van der Waals surface area contributed by atoms with Crippen LogP contribution in [-0.4, -0.2) is 4.79 Å². The van der Waals surface area contributed by atoms with Crippen LogP contribution in [0.5, 0.6) is 0 Å². The number of para-hydroxylation sites is 1. The summed E-state index contributed by atoms with van der Waals surface area (Å²) in [5.41, 5.74) is 9.46. The van der Waals surface area contributed by atoms with Crippen LogP contribution in [0.25, 0.3) is 16.3 Å². The Labute approximate surface area is 108 Å². The van der Waals surface area contributed by atoms with Gasteiger partial charge in [-0.2, -0.15) is 4.79 Å². The van der Waals surface area contributed by atoms with Crippen LogP contribution in [0.4, 0.5) is 5.69 Å². The summed E-state index contributed by atoms with van der Waals surface area (Å²) in [6.45, 7) is 0. The fraction of sp³-hybridized carbons (Fsp3) is 0. The average molecular weight is 247 g/mol. The summed E-state index contributed by atoms with van der Waals surface area (Å²) in [5.74, 6) is 0. The standard InChI is InChI=1S/C15H9N3O/c16-18-14-13(17-10-6-2-1-3-7-10)11-8-4-5-9-12(11)15(14)19/h1-9H. The van der Waals surface area contributed by atoms with Crippen molar-refractivity contribution in [2.45, 2.75) is 0 Å². The maximum absolute atomic E-state index is 12.1. The van der Waals surface area contributed by atoms with Crippen molar-refractivity contribution in [3.8, 4) is 0 Å². The monoisotopic (exact) mass is 247 g/mol. The third-order valence-electron chi connectivity index (χ3n) is 2.96. The van der Waals surface area contributed by atoms with Gasteiger partial charge in [-0.1, -0.05) is 42.5 Å². The van der Waals surface area contributed by atoms with Gasteiger partial charge in [-0.25, -0.2) is 4.99 Å². The van der Waals surface area contributed by atoms with E-state index in [1.807, 2.05) is 36.4 Å². The van der Waals surface area contributed by atoms with Crippen molar-refractivity contribution >= 4 is 16.5 Å². The van der Waals surface area contributed by atoms with Crippen LogP contribution in [0, 0.1) is 0 Å². The van der Waals surface area contributed by atoms with Crippen LogP contribution in [0.3, 0.4) is 0 Å². The molecule has 0 aliphatic rings. The topological polar surface area (TPSA) is 65.8 Å². The highest BCUT2D eigenvalue weighted by atomic mass is 16.1. The molecule has 4 heteroatoms. The molecule has 0 heterocycles. The van der Waals surface area contributed by atoms with Crippen LogP contribution in [0.1, 0.15) is 0 Å². The van der Waals surface area contributed by atoms with Gasteiger partial charge in [0, 0.05) is 10.8 Å². The third kappa shape index (κ3) is 1.80. The van der Waals surface area contributed by atoms with Gasteiger partial charge in [0.2, 0.25) is 0 Å². The molecule has 90 valence electrons. The normalized spacial score (nSPS) is 11.7. The van der Waals surface area contributed by atoms with Gasteiger partial charge in [-0.15, -0.1) is 0 Å². The molecule has 0 aliphatic carbocycles. The maximum atomic E-state index is 12.1. The molecular weight excluding hydrogens is 238 g/mol. The number of rotatable bonds is 1. The van der Waals surface area contributed by atoms with Gasteiger partial charge in [0.25, 0.3) is 5.43 Å². The summed E-state index contributed by atoms with van der Waals surface area (Å²) in [4.78, 5) is 19.6. The van der Waals surface area contributed by atoms with E-state index in [1.165, 1.54) is 0 Å². The molecule has 0 aliphatic heterocycles. The second-order valence-electron chi connectivity index (χ2n) is 4.12. The Morgan fingerprint density at radius 1 is 0.895 bits per heavy atom. The fourth-order valence-electron chi connectivity index (χ4n) is 2.09. The first-order valence-corrected chi connectivity index (χ1v) is 5.81. The predicted octanol–water partition coefficient (Wildman–Crippen LogP) is 1.44. The number of benzene rings is 2. The van der Waals surface area contributed by atoms with Gasteiger partial charge in [0.15, 0.2) is 5.36 Å². The number of nitrogens with zero attached hydrogens (tertiary/aromatic N) is 3. The Kier molecular flexibility index (Phi) is 2.63. The lowest BCUT2D eigenvalue weighted by atomic mass is 10.2. The zero-order valence-electron chi connectivity index (χ0n) is 9.95. The molecule has 0 saturated carbocycles. The number of hydrogen-bond donors (Lipinski definition) is 0. The van der Waals surface area contributed by atoms with Crippen LogP contribution < -0.4 is 16.1 Å². The highest BCUT2D eigenvalue weighted by molar-refractivity contribution is 5.83. The van der Waals surface area contributed by atoms with Crippen LogP contribution in [0.2, 0.25) is 0 Å². The van der Waals surface area contributed by atoms with Crippen LogP contribution in [0.15, 0.2) is 64.4 Å². The van der Waals surface area contributed by atoms with E-state index in [1.54, 1.807) is 18.2 Å². The highest BCUT2D eigenvalue weighted by Gasteiger charge is 2.13. The van der Waals surface area contributed by atoms with Crippen LogP contribution in [-0.2, 0) is 0 Å². The molecule has 0 atom stereocenters. The van der Waals surface area contributed by atoms with E-state index >= 15 is 0 Å². The summed E-state index contributed by atoms with van der Waals surface area (Å²) in [7, 11) is 0. The molecule has 3 aromatic rings. The number of fused-ring (bicyclic) bond motifs is 1. The molecular formula is C15H9N3O. The fourth-order valence-corrected chi connectivity index (χ4v) is 2.09. The maximum Gasteiger partial charge on any atom is 0.388 e. The van der Waals surface area contributed by atoms with Crippen molar-refractivity contribution in [3.63, 3.8) is 0 Å². The van der Waals surface area contributed by atoms with E-state index in [0.717, 1.165) is 0 Å². The van der Waals surface area contributed by atoms with E-state index in [0.29, 0.717) is 21.8 Å². The molecule has 0 aromatic heterocycles. The molecule has 0 spiro atoms. The molecule has 19 heavy (non-hydrogen) atoms. The predicted molar refractivity (Wildman–Crippen MR) is 71.0 cm³/mol. The van der Waals surface area contributed by atoms with Crippen molar-refractivity contribution < 1.29 is 4.79 Å². The summed E-state index contributed by atoms with van der Waals surface area (Å²) in [5, 5.41) is 1.62. The van der Waals surface area contributed by atoms with Crippen LogP contribution >= 0.6 is 0 Å². The summed E-state index contributed by atoms with van der Waals surface area (Å²) in [6.07, 6.45) is 0. The third-order valence-corrected chi connectivity index (χ3v) is 2.96. The van der Waals surface area contributed by atoms with Crippen molar-refractivity contribution in [1.29, 1.82) is 0 Å². The van der Waals surface area contributed by atoms with Gasteiger partial charge in [0.1, 0.15) is 0 Å². The molecule has 0 amide bonds. The quantitative estimate of drug-likeness (QED) is 0.474. The van der Waals surface area contributed by atoms with E-state index in [9.17, 15) is 4.79 Å². The zero-order chi connectivity index (χ0) is 13.2. The number of hydrogen-bond acceptors (Lipinski definition) is 2. The van der Waals surface area contributed by atoms with Crippen molar-refractivity contribution in [2.24, 2.45) is 4.99 Å². The highest BCUT2D eigenvalue weighted by Crippen LogP contribution is 2.09. The Bertz CT molecular complexity index is 929. The molecule has 0 saturated heterocycles. The van der Waals surface area contributed by atoms with Crippen molar-refractivity contribution in [3.05, 3.63) is 81.1 Å². The summed E-state index contributed by atoms with van der Waals surface area (Å²) >= 11 is 0. The molecule has 4 nitrogen and oxygen atoms in total. The molecule has 0 bridgehead atoms. The average Bonchev–Trinajstić information content (AvgIpc) is 2.73. The minimum atomic E-state index is -0.298. The lowest BCUT2D eigenvalue weighted by molar-refractivity contribution is -0.0677. The van der Waals surface area contributed by atoms with Gasteiger partial charge < -0.3 is 5.53 Å². The molecule has 0 unspecified atom stereocenters. The first-order valence-electron chi connectivity index (χ1n) is 5.81. The lowest BCUT2D eigenvalue weighted by Crippen LogP contribution is -2.33. The Morgan fingerprint density at radius 3 is 2.21 bits per heavy atom. The Hall–Kier alpha value is -2.84. The van der Waals surface area contributed by atoms with E-state index in [-0.39, 0.29) is 10.8 Å². The van der Waals surface area contributed by atoms with Crippen molar-refractivity contribution in [1.82, 2.24) is 0 Å². The summed E-state index contributed by atoms with van der Waals surface area (Å²) < 4.78 is 0. The molecule has 3 aromatic carbocycles. The Morgan fingerprint density at radius 2 is 1.53 bits per heavy atom. The van der Waals surface area contributed by atoms with E-state index in [4.69, 9.17) is 5.53 Å². The van der Waals surface area contributed by atoms with Crippen molar-refractivity contribution in [2.75, 3.05) is 0 Å². The SMILES string of the molecule is [N-]=[N+]=c1c(=O)c2ccccc2c1=Nc1ccccc1.